The fraction of sp³-hybridized carbons (Fsp3) is 0.544. The van der Waals surface area contributed by atoms with Crippen LogP contribution in [0.5, 0.6) is 0 Å². The predicted octanol–water partition coefficient (Wildman–Crippen LogP) is -0.375. The number of amides is 8. The number of primary amides is 1. The maximum absolute atomic E-state index is 14.7. The number of aromatic nitrogens is 2. The van der Waals surface area contributed by atoms with E-state index in [1.165, 1.54) is 0 Å². The van der Waals surface area contributed by atoms with Gasteiger partial charge < -0.3 is 87.3 Å². The number of nitrogens with zero attached hydrogens (tertiary/aromatic N) is 2. The van der Waals surface area contributed by atoms with Crippen molar-refractivity contribution in [2.75, 3.05) is 19.6 Å². The van der Waals surface area contributed by atoms with Crippen molar-refractivity contribution in [3.8, 4) is 0 Å². The van der Waals surface area contributed by atoms with Crippen molar-refractivity contribution >= 4 is 81.0 Å². The first kappa shape index (κ1) is 67.2. The van der Waals surface area contributed by atoms with Crippen LogP contribution in [0.3, 0.4) is 0 Å². The lowest BCUT2D eigenvalue weighted by molar-refractivity contribution is -0.137. The first-order chi connectivity index (χ1) is 39.5. The molecule has 2 aromatic heterocycles. The summed E-state index contributed by atoms with van der Waals surface area (Å²) in [6.07, 6.45) is 6.40. The monoisotopic (exact) mass is 1150 g/mol. The Balaban J connectivity index is 1.64. The molecule has 26 nitrogen and oxygen atoms in total. The Kier molecular flexibility index (Phi) is 27.2. The van der Waals surface area contributed by atoms with Crippen LogP contribution in [0.15, 0.2) is 70.9 Å². The maximum atomic E-state index is 14.7. The van der Waals surface area contributed by atoms with E-state index in [-0.39, 0.29) is 69.5 Å². The number of para-hydroxylation sites is 2. The fourth-order valence-electron chi connectivity index (χ4n) is 9.42. The van der Waals surface area contributed by atoms with Gasteiger partial charge in [-0.05, 0) is 86.1 Å². The van der Waals surface area contributed by atoms with E-state index in [0.29, 0.717) is 49.8 Å². The normalized spacial score (nSPS) is 15.0. The molecule has 0 fully saturated rings. The smallest absolute Gasteiger partial charge is 0.243 e. The zero-order chi connectivity index (χ0) is 61.3. The third-order valence-corrected chi connectivity index (χ3v) is 14.8. The highest BCUT2D eigenvalue weighted by molar-refractivity contribution is 5.99. The lowest BCUT2D eigenvalue weighted by Crippen LogP contribution is -2.62. The number of unbranched alkanes of at least 4 members (excludes halogenated alkanes) is 1. The van der Waals surface area contributed by atoms with Crippen LogP contribution in [-0.2, 0) is 51.2 Å². The number of carbonyl (C=O) groups excluding carboxylic acids is 8. The predicted molar refractivity (Wildman–Crippen MR) is 321 cm³/mol. The van der Waals surface area contributed by atoms with Gasteiger partial charge in [-0.25, -0.2) is 0 Å². The van der Waals surface area contributed by atoms with E-state index in [1.807, 2.05) is 62.4 Å². The van der Waals surface area contributed by atoms with Gasteiger partial charge in [-0.15, -0.1) is 0 Å². The molecule has 2 heterocycles. The number of carbonyl (C=O) groups is 8. The van der Waals surface area contributed by atoms with Crippen LogP contribution in [0.2, 0.25) is 0 Å². The Morgan fingerprint density at radius 1 is 0.482 bits per heavy atom. The number of aliphatic imine (C=N–C) groups is 2. The standard InChI is InChI=1S/C57H90N18O8/c1-7-32(5)46(74-49(77)38(59)19-13-14-24-58)55(83)72-44(28-35-30-68-40-21-12-10-18-37(35)40)52(80)73-45(31(3)4)53(81)75-47(33(6)8-2)54(82)70-42(23-16-26-66-57(63)64)50(78)71-43(27-34-29-67-39-20-11-9-17-36(34)39)51(79)69-41(48(60)76)22-15-25-65-56(61)62/h9-12,17-18,20-21,29-33,38,41-47,67-68H,7-8,13-16,19,22-28,58-59H2,1-6H3,(H2,60,76)(H,69,79)(H,70,82)(H,71,78)(H,72,83)(H,73,80)(H,74,77)(H,75,81)(H4,61,62,65)(H4,63,64,66)/t32-,33-,38-,41-,42-,43-,44-,45-,46-,47-/m0/s1. The molecule has 0 unspecified atom stereocenters. The summed E-state index contributed by atoms with van der Waals surface area (Å²) in [4.78, 5) is 128. The van der Waals surface area contributed by atoms with Crippen molar-refractivity contribution in [2.24, 2.45) is 67.9 Å². The highest BCUT2D eigenvalue weighted by atomic mass is 16.2. The van der Waals surface area contributed by atoms with Crippen LogP contribution in [0.1, 0.15) is 110 Å². The van der Waals surface area contributed by atoms with Gasteiger partial charge in [-0.2, -0.15) is 0 Å². The Hall–Kier alpha value is -8.26. The average Bonchev–Trinajstić information content (AvgIpc) is 4.17. The summed E-state index contributed by atoms with van der Waals surface area (Å²) in [5.74, 6) is -7.53. The Morgan fingerprint density at radius 2 is 0.880 bits per heavy atom. The molecule has 0 bridgehead atoms. The molecule has 23 N–H and O–H groups in total. The molecule has 0 saturated heterocycles. The molecule has 8 amide bonds. The van der Waals surface area contributed by atoms with E-state index in [2.05, 4.69) is 57.2 Å². The number of aromatic amines is 2. The molecule has 0 aliphatic carbocycles. The van der Waals surface area contributed by atoms with Crippen molar-refractivity contribution in [1.29, 1.82) is 0 Å². The summed E-state index contributed by atoms with van der Waals surface area (Å²) in [7, 11) is 0. The highest BCUT2D eigenvalue weighted by Crippen LogP contribution is 2.22. The molecule has 10 atom stereocenters. The molecule has 0 saturated carbocycles. The molecule has 26 heteroatoms. The average molecular weight is 1160 g/mol. The Bertz CT molecular complexity index is 2860. The van der Waals surface area contributed by atoms with Crippen LogP contribution in [0.25, 0.3) is 21.8 Å². The third kappa shape index (κ3) is 20.9. The van der Waals surface area contributed by atoms with E-state index < -0.39 is 107 Å². The molecular weight excluding hydrogens is 1060 g/mol. The number of hydrogen-bond acceptors (Lipinski definition) is 12. The molecule has 4 rings (SSSR count). The minimum atomic E-state index is -1.34. The second-order valence-electron chi connectivity index (χ2n) is 21.5. The topological polar surface area (TPSA) is 459 Å². The van der Waals surface area contributed by atoms with Gasteiger partial charge in [-0.3, -0.25) is 48.3 Å². The Labute approximate surface area is 485 Å². The highest BCUT2D eigenvalue weighted by Gasteiger charge is 2.37. The fourth-order valence-corrected chi connectivity index (χ4v) is 9.42. The second-order valence-corrected chi connectivity index (χ2v) is 21.5. The van der Waals surface area contributed by atoms with Crippen LogP contribution < -0.4 is 77.4 Å². The zero-order valence-electron chi connectivity index (χ0n) is 48.7. The van der Waals surface area contributed by atoms with Crippen LogP contribution >= 0.6 is 0 Å². The van der Waals surface area contributed by atoms with E-state index in [9.17, 15) is 38.4 Å². The van der Waals surface area contributed by atoms with Gasteiger partial charge >= 0.3 is 0 Å². The number of hydrogen-bond donors (Lipinski definition) is 16. The summed E-state index contributed by atoms with van der Waals surface area (Å²) in [6.45, 7) is 11.3. The van der Waals surface area contributed by atoms with Gasteiger partial charge in [0.1, 0.15) is 42.3 Å². The minimum absolute atomic E-state index is 0.0188. The van der Waals surface area contributed by atoms with Crippen molar-refractivity contribution in [3.05, 3.63) is 72.1 Å². The van der Waals surface area contributed by atoms with E-state index in [4.69, 9.17) is 40.1 Å². The van der Waals surface area contributed by atoms with Gasteiger partial charge in [0.2, 0.25) is 47.3 Å². The first-order valence-electron chi connectivity index (χ1n) is 28.6. The summed E-state index contributed by atoms with van der Waals surface area (Å²) < 4.78 is 0. The number of rotatable bonds is 36. The molecule has 0 spiro atoms. The maximum Gasteiger partial charge on any atom is 0.243 e. The van der Waals surface area contributed by atoms with Gasteiger partial charge in [0.15, 0.2) is 11.9 Å². The van der Waals surface area contributed by atoms with Crippen molar-refractivity contribution in [3.63, 3.8) is 0 Å². The number of nitrogens with one attached hydrogen (secondary N) is 9. The number of guanidine groups is 2. The van der Waals surface area contributed by atoms with E-state index in [0.717, 1.165) is 21.8 Å². The SMILES string of the molecule is CC[C@H](C)[C@H](NC(=O)[C@@H](NC(=O)[C@H](Cc1c[nH]c2ccccc12)NC(=O)[C@@H](NC(=O)[C@@H](N)CCCCN)[C@@H](C)CC)C(C)C)C(=O)N[C@@H](CCCN=C(N)N)C(=O)N[C@@H](Cc1c[nH]c2ccccc12)C(=O)N[C@@H](CCCN=C(N)N)C(N)=O. The molecule has 0 aliphatic rings. The van der Waals surface area contributed by atoms with Gasteiger partial charge in [0, 0.05) is 60.1 Å². The number of nitrogens with two attached hydrogens (primary N) is 7. The van der Waals surface area contributed by atoms with Gasteiger partial charge in [0.25, 0.3) is 0 Å². The van der Waals surface area contributed by atoms with E-state index in [1.54, 1.807) is 40.1 Å². The largest absolute Gasteiger partial charge is 0.370 e. The molecule has 2 aromatic carbocycles. The lowest BCUT2D eigenvalue weighted by atomic mass is 9.95. The number of fused-ring (bicyclic) bond motifs is 2. The van der Waals surface area contributed by atoms with Crippen molar-refractivity contribution in [1.82, 2.24) is 47.2 Å². The number of benzene rings is 2. The summed E-state index contributed by atoms with van der Waals surface area (Å²) in [5, 5.41) is 21.2. The second kappa shape index (κ2) is 33.6. The van der Waals surface area contributed by atoms with E-state index >= 15 is 0 Å². The molecule has 0 radical (unpaired) electrons. The molecule has 456 valence electrons. The molecule has 4 aromatic rings. The molecule has 83 heavy (non-hydrogen) atoms. The third-order valence-electron chi connectivity index (χ3n) is 14.8. The molecular formula is C57H90N18O8. The van der Waals surface area contributed by atoms with Gasteiger partial charge in [0.05, 0.1) is 6.04 Å². The van der Waals surface area contributed by atoms with Crippen LogP contribution in [-0.4, -0.2) is 137 Å². The summed E-state index contributed by atoms with van der Waals surface area (Å²) in [6, 6.07) is 5.19. The summed E-state index contributed by atoms with van der Waals surface area (Å²) in [5.41, 5.74) is 42.6. The summed E-state index contributed by atoms with van der Waals surface area (Å²) >= 11 is 0. The van der Waals surface area contributed by atoms with Crippen LogP contribution in [0.4, 0.5) is 0 Å². The van der Waals surface area contributed by atoms with Crippen molar-refractivity contribution in [2.45, 2.75) is 161 Å². The first-order valence-corrected chi connectivity index (χ1v) is 28.6. The Morgan fingerprint density at radius 3 is 1.34 bits per heavy atom. The number of H-pyrrole nitrogens is 2. The molecule has 0 aliphatic heterocycles. The zero-order valence-corrected chi connectivity index (χ0v) is 48.7. The van der Waals surface area contributed by atoms with Crippen LogP contribution in [0, 0.1) is 17.8 Å². The lowest BCUT2D eigenvalue weighted by Gasteiger charge is -2.31. The van der Waals surface area contributed by atoms with Crippen molar-refractivity contribution < 1.29 is 38.4 Å². The minimum Gasteiger partial charge on any atom is -0.370 e. The van der Waals surface area contributed by atoms with Gasteiger partial charge in [-0.1, -0.05) is 97.2 Å². The quantitative estimate of drug-likeness (QED) is 0.0157.